The van der Waals surface area contributed by atoms with Crippen molar-refractivity contribution in [3.63, 3.8) is 0 Å². The molecule has 100 valence electrons. The van der Waals surface area contributed by atoms with Crippen molar-refractivity contribution in [3.8, 4) is 0 Å². The van der Waals surface area contributed by atoms with Gasteiger partial charge in [0.2, 0.25) is 0 Å². The Balaban J connectivity index is 2.10. The Bertz CT molecular complexity index is 538. The van der Waals surface area contributed by atoms with Gasteiger partial charge in [0, 0.05) is 28.2 Å². The van der Waals surface area contributed by atoms with Gasteiger partial charge in [-0.05, 0) is 24.6 Å². The minimum Gasteiger partial charge on any atom is -0.373 e. The number of aryl methyl sites for hydroxylation is 1. The van der Waals surface area contributed by atoms with E-state index >= 15 is 0 Å². The Kier molecular flexibility index (Phi) is 5.22. The van der Waals surface area contributed by atoms with Crippen molar-refractivity contribution in [3.05, 3.63) is 46.3 Å². The van der Waals surface area contributed by atoms with Crippen LogP contribution in [0.5, 0.6) is 0 Å². The van der Waals surface area contributed by atoms with E-state index in [1.54, 1.807) is 11.8 Å². The lowest BCUT2D eigenvalue weighted by Crippen LogP contribution is -2.02. The summed E-state index contributed by atoms with van der Waals surface area (Å²) in [6.45, 7) is 2.10. The van der Waals surface area contributed by atoms with Gasteiger partial charge in [-0.25, -0.2) is 9.97 Å². The van der Waals surface area contributed by atoms with Gasteiger partial charge in [0.25, 0.3) is 0 Å². The van der Waals surface area contributed by atoms with Crippen LogP contribution in [0.3, 0.4) is 0 Å². The molecule has 0 saturated carbocycles. The smallest absolute Gasteiger partial charge is 0.141 e. The SMILES string of the molecule is CCc1cc(NC)nc(CSc2cccc(Br)c2)n1. The molecule has 1 N–H and O–H groups in total. The third-order valence-corrected chi connectivity index (χ3v) is 4.09. The van der Waals surface area contributed by atoms with Crippen molar-refractivity contribution < 1.29 is 0 Å². The molecule has 19 heavy (non-hydrogen) atoms. The number of anilines is 1. The van der Waals surface area contributed by atoms with Crippen LogP contribution in [0.2, 0.25) is 0 Å². The standard InChI is InChI=1S/C14H16BrN3S/c1-3-11-8-13(16-2)18-14(17-11)9-19-12-6-4-5-10(15)7-12/h4-8H,3,9H2,1-2H3,(H,16,17,18). The summed E-state index contributed by atoms with van der Waals surface area (Å²) < 4.78 is 1.09. The normalized spacial score (nSPS) is 10.5. The largest absolute Gasteiger partial charge is 0.373 e. The first-order valence-corrected chi connectivity index (χ1v) is 7.92. The summed E-state index contributed by atoms with van der Waals surface area (Å²) in [5.41, 5.74) is 1.07. The van der Waals surface area contributed by atoms with Crippen LogP contribution in [0, 0.1) is 0 Å². The Morgan fingerprint density at radius 3 is 2.79 bits per heavy atom. The molecular weight excluding hydrogens is 322 g/mol. The Hall–Kier alpha value is -1.07. The van der Waals surface area contributed by atoms with Crippen LogP contribution >= 0.6 is 27.7 Å². The molecule has 0 aliphatic carbocycles. The van der Waals surface area contributed by atoms with E-state index in [-0.39, 0.29) is 0 Å². The van der Waals surface area contributed by atoms with Crippen molar-refractivity contribution in [1.29, 1.82) is 0 Å². The van der Waals surface area contributed by atoms with Crippen molar-refractivity contribution in [2.45, 2.75) is 24.0 Å². The van der Waals surface area contributed by atoms with Crippen LogP contribution in [0.25, 0.3) is 0 Å². The highest BCUT2D eigenvalue weighted by atomic mass is 79.9. The Morgan fingerprint density at radius 1 is 1.26 bits per heavy atom. The number of benzene rings is 1. The summed E-state index contributed by atoms with van der Waals surface area (Å²) in [5, 5.41) is 3.08. The first-order valence-electron chi connectivity index (χ1n) is 6.14. The average Bonchev–Trinajstić information content (AvgIpc) is 2.44. The number of aromatic nitrogens is 2. The highest BCUT2D eigenvalue weighted by Crippen LogP contribution is 2.24. The van der Waals surface area contributed by atoms with E-state index in [1.807, 2.05) is 25.2 Å². The second kappa shape index (κ2) is 6.91. The number of nitrogens with zero attached hydrogens (tertiary/aromatic N) is 2. The number of rotatable bonds is 5. The predicted octanol–water partition coefficient (Wildman–Crippen LogP) is 4.14. The van der Waals surface area contributed by atoms with E-state index in [4.69, 9.17) is 0 Å². The second-order valence-electron chi connectivity index (χ2n) is 4.01. The maximum Gasteiger partial charge on any atom is 0.141 e. The second-order valence-corrected chi connectivity index (χ2v) is 5.97. The van der Waals surface area contributed by atoms with Crippen LogP contribution in [0.1, 0.15) is 18.4 Å². The van der Waals surface area contributed by atoms with E-state index in [0.29, 0.717) is 0 Å². The molecule has 1 aromatic carbocycles. The molecule has 0 unspecified atom stereocenters. The summed E-state index contributed by atoms with van der Waals surface area (Å²) in [6.07, 6.45) is 0.922. The molecule has 1 heterocycles. The van der Waals surface area contributed by atoms with Crippen LogP contribution in [0.15, 0.2) is 39.7 Å². The number of halogens is 1. The van der Waals surface area contributed by atoms with E-state index in [1.165, 1.54) is 4.90 Å². The summed E-state index contributed by atoms with van der Waals surface area (Å²) in [7, 11) is 1.88. The predicted molar refractivity (Wildman–Crippen MR) is 84.7 cm³/mol. The minimum atomic E-state index is 0.777. The quantitative estimate of drug-likeness (QED) is 0.832. The first kappa shape index (κ1) is 14.3. The zero-order valence-corrected chi connectivity index (χ0v) is 13.4. The monoisotopic (exact) mass is 337 g/mol. The summed E-state index contributed by atoms with van der Waals surface area (Å²) in [5.74, 6) is 2.53. The molecule has 0 bridgehead atoms. The van der Waals surface area contributed by atoms with Gasteiger partial charge in [-0.15, -0.1) is 11.8 Å². The molecule has 2 rings (SSSR count). The van der Waals surface area contributed by atoms with Gasteiger partial charge in [0.05, 0.1) is 5.75 Å². The van der Waals surface area contributed by atoms with Gasteiger partial charge < -0.3 is 5.32 Å². The average molecular weight is 338 g/mol. The van der Waals surface area contributed by atoms with Gasteiger partial charge in [0.1, 0.15) is 11.6 Å². The molecule has 0 spiro atoms. The third kappa shape index (κ3) is 4.21. The minimum absolute atomic E-state index is 0.777. The summed E-state index contributed by atoms with van der Waals surface area (Å²) in [4.78, 5) is 10.3. The molecule has 2 aromatic rings. The lowest BCUT2D eigenvalue weighted by atomic mass is 10.3. The molecule has 0 aliphatic rings. The van der Waals surface area contributed by atoms with Crippen LogP contribution < -0.4 is 5.32 Å². The third-order valence-electron chi connectivity index (χ3n) is 2.61. The van der Waals surface area contributed by atoms with Crippen molar-refractivity contribution in [2.75, 3.05) is 12.4 Å². The maximum absolute atomic E-state index is 4.55. The fraction of sp³-hybridized carbons (Fsp3) is 0.286. The molecule has 0 fully saturated rings. The van der Waals surface area contributed by atoms with Crippen LogP contribution in [-0.2, 0) is 12.2 Å². The van der Waals surface area contributed by atoms with E-state index < -0.39 is 0 Å². The van der Waals surface area contributed by atoms with Gasteiger partial charge in [-0.1, -0.05) is 28.9 Å². The number of hydrogen-bond donors (Lipinski definition) is 1. The van der Waals surface area contributed by atoms with Gasteiger partial charge in [-0.3, -0.25) is 0 Å². The molecule has 0 radical (unpaired) electrons. The van der Waals surface area contributed by atoms with E-state index in [2.05, 4.69) is 50.3 Å². The summed E-state index contributed by atoms with van der Waals surface area (Å²) >= 11 is 5.22. The van der Waals surface area contributed by atoms with E-state index in [0.717, 1.165) is 34.0 Å². The van der Waals surface area contributed by atoms with E-state index in [9.17, 15) is 0 Å². The highest BCUT2D eigenvalue weighted by molar-refractivity contribution is 9.10. The molecule has 1 aromatic heterocycles. The molecule has 0 saturated heterocycles. The fourth-order valence-corrected chi connectivity index (χ4v) is 2.99. The zero-order chi connectivity index (χ0) is 13.7. The lowest BCUT2D eigenvalue weighted by molar-refractivity contribution is 0.941. The maximum atomic E-state index is 4.55. The van der Waals surface area contributed by atoms with Crippen molar-refractivity contribution >= 4 is 33.5 Å². The number of hydrogen-bond acceptors (Lipinski definition) is 4. The van der Waals surface area contributed by atoms with Gasteiger partial charge >= 0.3 is 0 Å². The van der Waals surface area contributed by atoms with Crippen molar-refractivity contribution in [1.82, 2.24) is 9.97 Å². The number of thioether (sulfide) groups is 1. The van der Waals surface area contributed by atoms with Crippen LogP contribution in [-0.4, -0.2) is 17.0 Å². The highest BCUT2D eigenvalue weighted by Gasteiger charge is 2.04. The van der Waals surface area contributed by atoms with Crippen molar-refractivity contribution in [2.24, 2.45) is 0 Å². The lowest BCUT2D eigenvalue weighted by Gasteiger charge is -2.06. The van der Waals surface area contributed by atoms with Gasteiger partial charge in [-0.2, -0.15) is 0 Å². The molecule has 0 atom stereocenters. The van der Waals surface area contributed by atoms with Crippen LogP contribution in [0.4, 0.5) is 5.82 Å². The Labute approximate surface area is 126 Å². The molecule has 3 nitrogen and oxygen atoms in total. The zero-order valence-electron chi connectivity index (χ0n) is 11.0. The first-order chi connectivity index (χ1) is 9.21. The molecule has 0 aliphatic heterocycles. The molecule has 0 amide bonds. The molecule has 5 heteroatoms. The van der Waals surface area contributed by atoms with Gasteiger partial charge in [0.15, 0.2) is 0 Å². The number of nitrogens with one attached hydrogen (secondary N) is 1. The topological polar surface area (TPSA) is 37.8 Å². The summed E-state index contributed by atoms with van der Waals surface area (Å²) in [6, 6.07) is 10.3. The fourth-order valence-electron chi connectivity index (χ4n) is 1.63. The molecular formula is C14H16BrN3S. The Morgan fingerprint density at radius 2 is 2.11 bits per heavy atom.